The molecule has 3 atom stereocenters. The number of carboxylic acid groups (broad SMARTS) is 2. The number of carbonyl (C=O) groups excluding carboxylic acids is 3. The van der Waals surface area contributed by atoms with E-state index in [1.165, 1.54) is 0 Å². The monoisotopic (exact) mass is 400 g/mol. The van der Waals surface area contributed by atoms with Crippen LogP contribution >= 0.6 is 0 Å². The summed E-state index contributed by atoms with van der Waals surface area (Å²) < 4.78 is 0. The molecular formula is C15H24N6O7. The summed E-state index contributed by atoms with van der Waals surface area (Å²) >= 11 is 0. The minimum atomic E-state index is -1.50. The molecule has 1 aliphatic heterocycles. The molecule has 9 N–H and O–H groups in total. The SMILES string of the molecule is NC(N)=NCCC[C@@H]1NC(=O)CNC(=O)[C@H](CC(=O)O)NC(C(=O)O)CC1=O. The van der Waals surface area contributed by atoms with Crippen LogP contribution in [0.5, 0.6) is 0 Å². The molecule has 1 fully saturated rings. The Morgan fingerprint density at radius 2 is 1.82 bits per heavy atom. The van der Waals surface area contributed by atoms with Crippen molar-refractivity contribution < 1.29 is 34.2 Å². The second kappa shape index (κ2) is 10.8. The molecule has 0 saturated carbocycles. The minimum Gasteiger partial charge on any atom is -0.481 e. The van der Waals surface area contributed by atoms with E-state index in [2.05, 4.69) is 20.9 Å². The quantitative estimate of drug-likeness (QED) is 0.127. The molecule has 0 aromatic heterocycles. The molecule has 0 bridgehead atoms. The Morgan fingerprint density at radius 3 is 2.39 bits per heavy atom. The van der Waals surface area contributed by atoms with Crippen LogP contribution in [0.1, 0.15) is 25.7 Å². The Balaban J connectivity index is 2.98. The largest absolute Gasteiger partial charge is 0.481 e. The van der Waals surface area contributed by atoms with Crippen LogP contribution in [0.4, 0.5) is 0 Å². The molecular weight excluding hydrogens is 376 g/mol. The highest BCUT2D eigenvalue weighted by atomic mass is 16.4. The minimum absolute atomic E-state index is 0.125. The maximum atomic E-state index is 12.5. The van der Waals surface area contributed by atoms with Gasteiger partial charge in [0.1, 0.15) is 6.04 Å². The summed E-state index contributed by atoms with van der Waals surface area (Å²) in [6, 6.07) is -3.92. The van der Waals surface area contributed by atoms with E-state index in [1.807, 2.05) is 0 Å². The summed E-state index contributed by atoms with van der Waals surface area (Å²) in [5.74, 6) is -5.01. The van der Waals surface area contributed by atoms with Crippen molar-refractivity contribution >= 4 is 35.5 Å². The van der Waals surface area contributed by atoms with Gasteiger partial charge in [-0.05, 0) is 12.8 Å². The van der Waals surface area contributed by atoms with Crippen LogP contribution in [-0.4, -0.2) is 76.9 Å². The van der Waals surface area contributed by atoms with E-state index in [1.54, 1.807) is 0 Å². The molecule has 13 heteroatoms. The maximum Gasteiger partial charge on any atom is 0.321 e. The number of hydrogen-bond acceptors (Lipinski definition) is 7. The number of aliphatic carboxylic acids is 2. The van der Waals surface area contributed by atoms with Crippen molar-refractivity contribution in [3.05, 3.63) is 0 Å². The van der Waals surface area contributed by atoms with Gasteiger partial charge in [-0.25, -0.2) is 0 Å². The van der Waals surface area contributed by atoms with Gasteiger partial charge in [0.2, 0.25) is 11.8 Å². The van der Waals surface area contributed by atoms with Crippen LogP contribution in [0.15, 0.2) is 4.99 Å². The summed E-state index contributed by atoms with van der Waals surface area (Å²) in [5, 5.41) is 25.3. The molecule has 1 saturated heterocycles. The molecule has 13 nitrogen and oxygen atoms in total. The predicted octanol–water partition coefficient (Wildman–Crippen LogP) is -3.50. The van der Waals surface area contributed by atoms with E-state index in [-0.39, 0.29) is 18.9 Å². The lowest BCUT2D eigenvalue weighted by molar-refractivity contribution is -0.144. The van der Waals surface area contributed by atoms with Crippen molar-refractivity contribution in [2.24, 2.45) is 16.5 Å². The molecule has 0 aliphatic carbocycles. The van der Waals surface area contributed by atoms with Crippen molar-refractivity contribution in [2.75, 3.05) is 13.1 Å². The zero-order chi connectivity index (χ0) is 21.3. The van der Waals surface area contributed by atoms with E-state index < -0.39 is 67.0 Å². The van der Waals surface area contributed by atoms with Crippen LogP contribution in [0.2, 0.25) is 0 Å². The van der Waals surface area contributed by atoms with Gasteiger partial charge in [-0.1, -0.05) is 0 Å². The predicted molar refractivity (Wildman–Crippen MR) is 95.1 cm³/mol. The highest BCUT2D eigenvalue weighted by molar-refractivity contribution is 5.95. The second-order valence-corrected chi connectivity index (χ2v) is 6.17. The van der Waals surface area contributed by atoms with Gasteiger partial charge in [-0.2, -0.15) is 0 Å². The number of ketones is 1. The highest BCUT2D eigenvalue weighted by Crippen LogP contribution is 2.08. The molecule has 0 spiro atoms. The fourth-order valence-corrected chi connectivity index (χ4v) is 2.56. The number of carboxylic acids is 2. The molecule has 156 valence electrons. The smallest absolute Gasteiger partial charge is 0.321 e. The summed E-state index contributed by atoms with van der Waals surface area (Å²) in [7, 11) is 0. The van der Waals surface area contributed by atoms with Gasteiger partial charge in [0.05, 0.1) is 25.0 Å². The Morgan fingerprint density at radius 1 is 1.14 bits per heavy atom. The summed E-state index contributed by atoms with van der Waals surface area (Å²) in [6.07, 6.45) is -0.771. The molecule has 0 aromatic carbocycles. The van der Waals surface area contributed by atoms with Crippen LogP contribution < -0.4 is 27.4 Å². The van der Waals surface area contributed by atoms with E-state index >= 15 is 0 Å². The van der Waals surface area contributed by atoms with Gasteiger partial charge < -0.3 is 32.3 Å². The first-order valence-corrected chi connectivity index (χ1v) is 8.46. The molecule has 1 heterocycles. The number of nitrogens with one attached hydrogen (secondary N) is 3. The average Bonchev–Trinajstić information content (AvgIpc) is 2.60. The number of aliphatic imine (C=N–C) groups is 1. The van der Waals surface area contributed by atoms with Gasteiger partial charge in [0.25, 0.3) is 0 Å². The van der Waals surface area contributed by atoms with E-state index in [0.717, 1.165) is 0 Å². The third-order valence-corrected chi connectivity index (χ3v) is 3.89. The van der Waals surface area contributed by atoms with Gasteiger partial charge in [0.15, 0.2) is 11.7 Å². The Hall–Kier alpha value is -3.22. The molecule has 28 heavy (non-hydrogen) atoms. The van der Waals surface area contributed by atoms with Crippen molar-refractivity contribution in [1.29, 1.82) is 0 Å². The number of Topliss-reactive ketones (excluding diaryl/α,β-unsaturated/α-hetero) is 1. The fourth-order valence-electron chi connectivity index (χ4n) is 2.56. The number of nitrogens with zero attached hydrogens (tertiary/aromatic N) is 1. The lowest BCUT2D eigenvalue weighted by atomic mass is 9.99. The lowest BCUT2D eigenvalue weighted by Crippen LogP contribution is -2.52. The Kier molecular flexibility index (Phi) is 8.81. The van der Waals surface area contributed by atoms with Gasteiger partial charge in [-0.15, -0.1) is 0 Å². The molecule has 0 aromatic rings. The third kappa shape index (κ3) is 7.99. The summed E-state index contributed by atoms with van der Waals surface area (Å²) in [6.45, 7) is -0.286. The number of nitrogens with two attached hydrogens (primary N) is 2. The molecule has 0 radical (unpaired) electrons. The van der Waals surface area contributed by atoms with Crippen LogP contribution in [0, 0.1) is 0 Å². The second-order valence-electron chi connectivity index (χ2n) is 6.17. The van der Waals surface area contributed by atoms with Crippen LogP contribution in [-0.2, 0) is 24.0 Å². The summed E-state index contributed by atoms with van der Waals surface area (Å²) in [4.78, 5) is 62.8. The highest BCUT2D eigenvalue weighted by Gasteiger charge is 2.33. The van der Waals surface area contributed by atoms with Crippen LogP contribution in [0.3, 0.4) is 0 Å². The fraction of sp³-hybridized carbons (Fsp3) is 0.600. The van der Waals surface area contributed by atoms with Crippen molar-refractivity contribution in [3.63, 3.8) is 0 Å². The van der Waals surface area contributed by atoms with Gasteiger partial charge in [-0.3, -0.25) is 34.3 Å². The van der Waals surface area contributed by atoms with Gasteiger partial charge >= 0.3 is 11.9 Å². The number of amides is 2. The first-order chi connectivity index (χ1) is 13.1. The van der Waals surface area contributed by atoms with E-state index in [9.17, 15) is 29.1 Å². The van der Waals surface area contributed by atoms with Crippen molar-refractivity contribution in [2.45, 2.75) is 43.8 Å². The molecule has 1 unspecified atom stereocenters. The summed E-state index contributed by atoms with van der Waals surface area (Å²) in [5.41, 5.74) is 10.4. The van der Waals surface area contributed by atoms with Gasteiger partial charge in [0, 0.05) is 13.0 Å². The topological polar surface area (TPSA) is 226 Å². The van der Waals surface area contributed by atoms with Crippen molar-refractivity contribution in [3.8, 4) is 0 Å². The van der Waals surface area contributed by atoms with Crippen LogP contribution in [0.25, 0.3) is 0 Å². The first kappa shape index (κ1) is 22.8. The maximum absolute atomic E-state index is 12.5. The van der Waals surface area contributed by atoms with E-state index in [0.29, 0.717) is 6.42 Å². The average molecular weight is 400 g/mol. The number of hydrogen-bond donors (Lipinski definition) is 7. The standard InChI is InChI=1S/C15H24N6O7/c16-15(17)18-3-1-2-7-10(22)4-9(14(27)28)20-8(5-12(24)25)13(26)19-6-11(23)21-7/h7-9,20H,1-6H2,(H,19,26)(H,21,23)(H,24,25)(H,27,28)(H4,16,17,18)/t7-,8-,9?/m0/s1. The Bertz CT molecular complexity index is 661. The zero-order valence-electron chi connectivity index (χ0n) is 15.0. The molecule has 1 aliphatic rings. The molecule has 1 rings (SSSR count). The molecule has 2 amide bonds. The number of guanidine groups is 1. The lowest BCUT2D eigenvalue weighted by Gasteiger charge is -2.21. The van der Waals surface area contributed by atoms with Crippen molar-refractivity contribution in [1.82, 2.24) is 16.0 Å². The number of carbonyl (C=O) groups is 5. The normalized spacial score (nSPS) is 23.7. The van der Waals surface area contributed by atoms with E-state index in [4.69, 9.17) is 16.6 Å². The zero-order valence-corrected chi connectivity index (χ0v) is 15.0. The Labute approximate surface area is 159 Å². The number of rotatable bonds is 7. The third-order valence-electron chi connectivity index (χ3n) is 3.89. The first-order valence-electron chi connectivity index (χ1n) is 8.46.